The van der Waals surface area contributed by atoms with Gasteiger partial charge in [0.05, 0.1) is 8.07 Å². The van der Waals surface area contributed by atoms with Crippen molar-refractivity contribution in [2.45, 2.75) is 60.2 Å². The Morgan fingerprint density at radius 3 is 1.79 bits per heavy atom. The lowest BCUT2D eigenvalue weighted by Gasteiger charge is -2.28. The van der Waals surface area contributed by atoms with Gasteiger partial charge in [-0.1, -0.05) is 33.5 Å². The Hall–Kier alpha value is -1.09. The van der Waals surface area contributed by atoms with Crippen LogP contribution in [0.4, 0.5) is 0 Å². The second-order valence-corrected chi connectivity index (χ2v) is 11.3. The summed E-state index contributed by atoms with van der Waals surface area (Å²) >= 11 is 0. The van der Waals surface area contributed by atoms with Crippen molar-refractivity contribution in [3.63, 3.8) is 0 Å². The third-order valence-corrected chi connectivity index (χ3v) is 6.04. The molecule has 0 spiro atoms. The summed E-state index contributed by atoms with van der Waals surface area (Å²) in [6.45, 7) is 15.4. The Morgan fingerprint density at radius 1 is 1.00 bits per heavy atom. The van der Waals surface area contributed by atoms with E-state index in [4.69, 9.17) is 5.73 Å². The van der Waals surface area contributed by atoms with Crippen LogP contribution in [0.1, 0.15) is 46.5 Å². The summed E-state index contributed by atoms with van der Waals surface area (Å²) in [5.74, 6) is -0.265. The van der Waals surface area contributed by atoms with Crippen molar-refractivity contribution >= 4 is 19.2 Å². The highest BCUT2D eigenvalue weighted by Gasteiger charge is 2.29. The molecule has 3 heteroatoms. The lowest BCUT2D eigenvalue weighted by atomic mass is 9.90. The number of hydrogen-bond donors (Lipinski definition) is 1. The molecule has 1 aromatic rings. The summed E-state index contributed by atoms with van der Waals surface area (Å²) in [7, 11) is -1.61. The number of primary amides is 1. The van der Waals surface area contributed by atoms with E-state index in [1.54, 1.807) is 0 Å². The lowest BCUT2D eigenvalue weighted by molar-refractivity contribution is 0.100. The molecule has 0 unspecified atom stereocenters. The number of benzene rings is 1. The smallest absolute Gasteiger partial charge is 0.248 e. The highest BCUT2D eigenvalue weighted by Crippen LogP contribution is 2.25. The summed E-state index contributed by atoms with van der Waals surface area (Å²) in [4.78, 5) is 12.0. The molecule has 0 fully saturated rings. The van der Waals surface area contributed by atoms with E-state index in [1.165, 1.54) is 21.9 Å². The second-order valence-electron chi connectivity index (χ2n) is 6.28. The van der Waals surface area contributed by atoms with Crippen molar-refractivity contribution in [2.24, 2.45) is 5.73 Å². The molecule has 19 heavy (non-hydrogen) atoms. The maximum Gasteiger partial charge on any atom is 0.248 e. The van der Waals surface area contributed by atoms with Crippen LogP contribution in [0.25, 0.3) is 0 Å². The Balaban J connectivity index is 3.93. The number of nitrogens with two attached hydrogens (primary N) is 1. The van der Waals surface area contributed by atoms with Crippen LogP contribution >= 0.6 is 0 Å². The van der Waals surface area contributed by atoms with Crippen LogP contribution in [-0.4, -0.2) is 14.0 Å². The van der Waals surface area contributed by atoms with E-state index in [0.29, 0.717) is 0 Å². The average molecular weight is 277 g/mol. The molecule has 0 aromatic heterocycles. The van der Waals surface area contributed by atoms with Gasteiger partial charge in [0.1, 0.15) is 0 Å². The Morgan fingerprint density at radius 2 is 1.47 bits per heavy atom. The first-order valence-electron chi connectivity index (χ1n) is 7.11. The molecule has 0 saturated carbocycles. The number of amides is 1. The lowest BCUT2D eigenvalue weighted by Crippen LogP contribution is -2.46. The SMILES string of the molecule is CCc1c(C)c(CC)c([Si](C)(C)C)c(C(N)=O)c1C. The zero-order valence-electron chi connectivity index (χ0n) is 13.4. The monoisotopic (exact) mass is 277 g/mol. The van der Waals surface area contributed by atoms with Crippen molar-refractivity contribution in [3.05, 3.63) is 27.8 Å². The first kappa shape index (κ1) is 16.0. The average Bonchev–Trinajstić information content (AvgIpc) is 2.27. The Kier molecular flexibility index (Phi) is 4.61. The van der Waals surface area contributed by atoms with Gasteiger partial charge in [-0.2, -0.15) is 0 Å². The summed E-state index contributed by atoms with van der Waals surface area (Å²) in [5.41, 5.74) is 11.6. The molecule has 1 rings (SSSR count). The van der Waals surface area contributed by atoms with Gasteiger partial charge in [0.15, 0.2) is 0 Å². The standard InChI is InChI=1S/C16H27NOSi/c1-8-12-10(3)13(9-2)15(19(5,6)7)14(11(12)4)16(17)18/h8-9H2,1-7H3,(H2,17,18). The quantitative estimate of drug-likeness (QED) is 0.845. The molecule has 1 aromatic carbocycles. The molecule has 106 valence electrons. The van der Waals surface area contributed by atoms with E-state index in [1.807, 2.05) is 0 Å². The van der Waals surface area contributed by atoms with Crippen LogP contribution in [0.5, 0.6) is 0 Å². The summed E-state index contributed by atoms with van der Waals surface area (Å²) < 4.78 is 0. The molecular weight excluding hydrogens is 250 g/mol. The van der Waals surface area contributed by atoms with Gasteiger partial charge in [-0.3, -0.25) is 4.79 Å². The van der Waals surface area contributed by atoms with Gasteiger partial charge in [-0.25, -0.2) is 0 Å². The summed E-state index contributed by atoms with van der Waals surface area (Å²) in [6, 6.07) is 0. The molecule has 0 atom stereocenters. The van der Waals surface area contributed by atoms with E-state index in [9.17, 15) is 4.79 Å². The first-order valence-corrected chi connectivity index (χ1v) is 10.6. The molecule has 2 N–H and O–H groups in total. The van der Waals surface area contributed by atoms with Crippen LogP contribution in [0.3, 0.4) is 0 Å². The van der Waals surface area contributed by atoms with Crippen LogP contribution < -0.4 is 10.9 Å². The van der Waals surface area contributed by atoms with Gasteiger partial charge < -0.3 is 5.73 Å². The largest absolute Gasteiger partial charge is 0.366 e. The van der Waals surface area contributed by atoms with E-state index in [2.05, 4.69) is 47.3 Å². The molecule has 1 amide bonds. The van der Waals surface area contributed by atoms with Crippen molar-refractivity contribution in [2.75, 3.05) is 0 Å². The molecule has 0 aliphatic carbocycles. The van der Waals surface area contributed by atoms with E-state index >= 15 is 0 Å². The molecule has 2 nitrogen and oxygen atoms in total. The topological polar surface area (TPSA) is 43.1 Å². The van der Waals surface area contributed by atoms with Crippen LogP contribution in [0, 0.1) is 13.8 Å². The fraction of sp³-hybridized carbons (Fsp3) is 0.562. The Bertz CT molecular complexity index is 513. The second kappa shape index (κ2) is 5.49. The fourth-order valence-corrected chi connectivity index (χ4v) is 5.58. The molecule has 0 radical (unpaired) electrons. The zero-order chi connectivity index (χ0) is 15.0. The van der Waals surface area contributed by atoms with Gasteiger partial charge in [-0.15, -0.1) is 0 Å². The van der Waals surface area contributed by atoms with E-state index in [-0.39, 0.29) is 5.91 Å². The minimum absolute atomic E-state index is 0.265. The zero-order valence-corrected chi connectivity index (χ0v) is 14.4. The first-order chi connectivity index (χ1) is 8.66. The van der Waals surface area contributed by atoms with Gasteiger partial charge >= 0.3 is 0 Å². The van der Waals surface area contributed by atoms with Gasteiger partial charge in [-0.05, 0) is 54.1 Å². The van der Waals surface area contributed by atoms with Crippen LogP contribution in [0.15, 0.2) is 0 Å². The minimum atomic E-state index is -1.61. The Labute approximate surface area is 118 Å². The van der Waals surface area contributed by atoms with Gasteiger partial charge in [0.2, 0.25) is 5.91 Å². The number of carbonyl (C=O) groups is 1. The maximum atomic E-state index is 12.0. The van der Waals surface area contributed by atoms with Crippen LogP contribution in [0.2, 0.25) is 19.6 Å². The maximum absolute atomic E-state index is 12.0. The third kappa shape index (κ3) is 2.76. The van der Waals surface area contributed by atoms with Gasteiger partial charge in [0.25, 0.3) is 0 Å². The molecule has 0 saturated heterocycles. The third-order valence-electron chi connectivity index (χ3n) is 3.99. The highest BCUT2D eigenvalue weighted by molar-refractivity contribution is 6.89. The van der Waals surface area contributed by atoms with Crippen molar-refractivity contribution in [1.82, 2.24) is 0 Å². The molecule has 0 aliphatic rings. The molecular formula is C16H27NOSi. The summed E-state index contributed by atoms with van der Waals surface area (Å²) in [5, 5.41) is 1.27. The number of rotatable bonds is 4. The van der Waals surface area contributed by atoms with Crippen molar-refractivity contribution in [3.8, 4) is 0 Å². The molecule has 0 heterocycles. The molecule has 0 aliphatic heterocycles. The number of carbonyl (C=O) groups excluding carboxylic acids is 1. The van der Waals surface area contributed by atoms with Gasteiger partial charge in [0, 0.05) is 5.56 Å². The van der Waals surface area contributed by atoms with Crippen LogP contribution in [-0.2, 0) is 12.8 Å². The predicted octanol–water partition coefficient (Wildman–Crippen LogP) is 3.07. The number of hydrogen-bond acceptors (Lipinski definition) is 1. The van der Waals surface area contributed by atoms with E-state index < -0.39 is 8.07 Å². The van der Waals surface area contributed by atoms with Crippen molar-refractivity contribution in [1.29, 1.82) is 0 Å². The minimum Gasteiger partial charge on any atom is -0.366 e. The fourth-order valence-electron chi connectivity index (χ4n) is 3.25. The highest BCUT2D eigenvalue weighted by atomic mass is 28.3. The normalized spacial score (nSPS) is 11.7. The summed E-state index contributed by atoms with van der Waals surface area (Å²) in [6.07, 6.45) is 1.93. The molecule has 0 bridgehead atoms. The predicted molar refractivity (Wildman–Crippen MR) is 86.2 cm³/mol. The van der Waals surface area contributed by atoms with E-state index in [0.717, 1.165) is 24.0 Å². The van der Waals surface area contributed by atoms with Crippen molar-refractivity contribution < 1.29 is 4.79 Å².